The number of nitrogens with zero attached hydrogens (tertiary/aromatic N) is 3. The minimum Gasteiger partial charge on any atom is -0.271 e. The Morgan fingerprint density at radius 3 is 3.05 bits per heavy atom. The van der Waals surface area contributed by atoms with Crippen LogP contribution in [0.4, 0.5) is 0 Å². The summed E-state index contributed by atoms with van der Waals surface area (Å²) in [6, 6.07) is 6.25. The highest BCUT2D eigenvalue weighted by atomic mass is 15.3. The fourth-order valence-corrected chi connectivity index (χ4v) is 3.07. The van der Waals surface area contributed by atoms with E-state index in [0.29, 0.717) is 5.92 Å². The molecule has 0 spiro atoms. The fourth-order valence-electron chi connectivity index (χ4n) is 3.07. The van der Waals surface area contributed by atoms with Crippen LogP contribution < -0.4 is 11.3 Å². The highest BCUT2D eigenvalue weighted by Gasteiger charge is 2.30. The van der Waals surface area contributed by atoms with Crippen molar-refractivity contribution in [3.05, 3.63) is 47.5 Å². The molecule has 2 unspecified atom stereocenters. The first-order valence-electron chi connectivity index (χ1n) is 6.69. The van der Waals surface area contributed by atoms with Crippen molar-refractivity contribution in [3.63, 3.8) is 0 Å². The molecule has 0 amide bonds. The highest BCUT2D eigenvalue weighted by molar-refractivity contribution is 5.29. The standard InChI is InChI=1S/C14H19N5/c1-19-12(7-9-17-19)14(18-15)11-6-2-4-10-5-3-8-16-13(10)11/h3,5,7-9,11,14,18H,2,4,6,15H2,1H3. The molecule has 5 nitrogen and oxygen atoms in total. The molecule has 0 saturated carbocycles. The van der Waals surface area contributed by atoms with Crippen LogP contribution in [-0.4, -0.2) is 14.8 Å². The lowest BCUT2D eigenvalue weighted by Gasteiger charge is -2.31. The van der Waals surface area contributed by atoms with Gasteiger partial charge in [-0.2, -0.15) is 5.10 Å². The molecule has 0 aromatic carbocycles. The highest BCUT2D eigenvalue weighted by Crippen LogP contribution is 2.38. The third kappa shape index (κ3) is 2.15. The SMILES string of the molecule is Cn1nccc1C(NN)C1CCCc2cccnc21. The van der Waals surface area contributed by atoms with Gasteiger partial charge in [-0.3, -0.25) is 20.9 Å². The van der Waals surface area contributed by atoms with Gasteiger partial charge in [0.2, 0.25) is 0 Å². The second kappa shape index (κ2) is 5.11. The molecule has 19 heavy (non-hydrogen) atoms. The summed E-state index contributed by atoms with van der Waals surface area (Å²) in [7, 11) is 1.95. The van der Waals surface area contributed by atoms with E-state index in [4.69, 9.17) is 5.84 Å². The smallest absolute Gasteiger partial charge is 0.0712 e. The Bertz CT molecular complexity index is 562. The Hall–Kier alpha value is -1.72. The maximum atomic E-state index is 5.80. The van der Waals surface area contributed by atoms with Gasteiger partial charge in [-0.15, -0.1) is 0 Å². The van der Waals surface area contributed by atoms with Crippen LogP contribution in [0.1, 0.15) is 41.8 Å². The van der Waals surface area contributed by atoms with Crippen LogP contribution in [0, 0.1) is 0 Å². The van der Waals surface area contributed by atoms with Crippen molar-refractivity contribution in [3.8, 4) is 0 Å². The van der Waals surface area contributed by atoms with E-state index in [9.17, 15) is 0 Å². The summed E-state index contributed by atoms with van der Waals surface area (Å²) < 4.78 is 1.88. The quantitative estimate of drug-likeness (QED) is 0.645. The van der Waals surface area contributed by atoms with Gasteiger partial charge in [-0.25, -0.2) is 0 Å². The van der Waals surface area contributed by atoms with Gasteiger partial charge >= 0.3 is 0 Å². The first-order chi connectivity index (χ1) is 9.31. The average molecular weight is 257 g/mol. The molecule has 5 heteroatoms. The Morgan fingerprint density at radius 1 is 1.42 bits per heavy atom. The van der Waals surface area contributed by atoms with E-state index in [1.807, 2.05) is 36.3 Å². The summed E-state index contributed by atoms with van der Waals surface area (Å²) in [5.41, 5.74) is 6.58. The maximum Gasteiger partial charge on any atom is 0.0712 e. The molecule has 2 aromatic heterocycles. The van der Waals surface area contributed by atoms with Crippen LogP contribution in [0.3, 0.4) is 0 Å². The third-order valence-corrected chi connectivity index (χ3v) is 4.00. The fraction of sp³-hybridized carbons (Fsp3) is 0.429. The largest absolute Gasteiger partial charge is 0.271 e. The molecule has 1 aliphatic rings. The number of aryl methyl sites for hydroxylation is 2. The topological polar surface area (TPSA) is 68.8 Å². The molecule has 3 rings (SSSR count). The Morgan fingerprint density at radius 2 is 2.32 bits per heavy atom. The molecular weight excluding hydrogens is 238 g/mol. The van der Waals surface area contributed by atoms with Crippen LogP contribution in [0.5, 0.6) is 0 Å². The molecule has 0 radical (unpaired) electrons. The number of pyridine rings is 1. The zero-order valence-corrected chi connectivity index (χ0v) is 11.1. The molecular formula is C14H19N5. The predicted molar refractivity (Wildman–Crippen MR) is 73.2 cm³/mol. The van der Waals surface area contributed by atoms with Gasteiger partial charge in [0.25, 0.3) is 0 Å². The summed E-state index contributed by atoms with van der Waals surface area (Å²) >= 11 is 0. The Kier molecular flexibility index (Phi) is 3.31. The number of hydrogen-bond donors (Lipinski definition) is 2. The minimum atomic E-state index is 0.0569. The monoisotopic (exact) mass is 257 g/mol. The molecule has 2 aromatic rings. The first-order valence-corrected chi connectivity index (χ1v) is 6.69. The molecule has 1 aliphatic carbocycles. The summed E-state index contributed by atoms with van der Waals surface area (Å²) in [6.07, 6.45) is 7.07. The van der Waals surface area contributed by atoms with E-state index in [2.05, 4.69) is 21.6 Å². The van der Waals surface area contributed by atoms with E-state index in [-0.39, 0.29) is 6.04 Å². The molecule has 100 valence electrons. The van der Waals surface area contributed by atoms with Crippen LogP contribution in [0.25, 0.3) is 0 Å². The van der Waals surface area contributed by atoms with Gasteiger partial charge in [0.1, 0.15) is 0 Å². The normalized spacial score (nSPS) is 20.0. The van der Waals surface area contributed by atoms with Crippen molar-refractivity contribution >= 4 is 0 Å². The summed E-state index contributed by atoms with van der Waals surface area (Å²) in [6.45, 7) is 0. The summed E-state index contributed by atoms with van der Waals surface area (Å²) in [5, 5.41) is 4.24. The number of nitrogens with two attached hydrogens (primary N) is 1. The van der Waals surface area contributed by atoms with Crippen molar-refractivity contribution in [2.45, 2.75) is 31.2 Å². The van der Waals surface area contributed by atoms with Gasteiger partial charge in [0.15, 0.2) is 0 Å². The lowest BCUT2D eigenvalue weighted by Crippen LogP contribution is -2.35. The predicted octanol–water partition coefficient (Wildman–Crippen LogP) is 1.44. The van der Waals surface area contributed by atoms with E-state index < -0.39 is 0 Å². The second-order valence-electron chi connectivity index (χ2n) is 5.07. The molecule has 0 fully saturated rings. The third-order valence-electron chi connectivity index (χ3n) is 4.00. The number of nitrogens with one attached hydrogen (secondary N) is 1. The zero-order valence-electron chi connectivity index (χ0n) is 11.1. The molecule has 2 heterocycles. The van der Waals surface area contributed by atoms with Crippen LogP contribution in [0.15, 0.2) is 30.6 Å². The minimum absolute atomic E-state index is 0.0569. The number of hydrogen-bond acceptors (Lipinski definition) is 4. The molecule has 0 bridgehead atoms. The molecule has 0 saturated heterocycles. The van der Waals surface area contributed by atoms with Crippen LogP contribution >= 0.6 is 0 Å². The van der Waals surface area contributed by atoms with Crippen molar-refractivity contribution in [2.75, 3.05) is 0 Å². The van der Waals surface area contributed by atoms with Gasteiger partial charge < -0.3 is 0 Å². The van der Waals surface area contributed by atoms with E-state index >= 15 is 0 Å². The zero-order chi connectivity index (χ0) is 13.2. The van der Waals surface area contributed by atoms with Crippen molar-refractivity contribution in [1.82, 2.24) is 20.2 Å². The second-order valence-corrected chi connectivity index (χ2v) is 5.07. The number of rotatable bonds is 3. The lowest BCUT2D eigenvalue weighted by atomic mass is 9.81. The molecule has 3 N–H and O–H groups in total. The summed E-state index contributed by atoms with van der Waals surface area (Å²) in [4.78, 5) is 4.58. The van der Waals surface area contributed by atoms with E-state index in [1.54, 1.807) is 0 Å². The van der Waals surface area contributed by atoms with Crippen molar-refractivity contribution in [1.29, 1.82) is 0 Å². The van der Waals surface area contributed by atoms with Crippen LogP contribution in [0.2, 0.25) is 0 Å². The van der Waals surface area contributed by atoms with Crippen LogP contribution in [-0.2, 0) is 13.5 Å². The van der Waals surface area contributed by atoms with Gasteiger partial charge in [0.05, 0.1) is 11.7 Å². The van der Waals surface area contributed by atoms with E-state index in [0.717, 1.165) is 18.5 Å². The Balaban J connectivity index is 2.00. The molecule has 0 aliphatic heterocycles. The van der Waals surface area contributed by atoms with Gasteiger partial charge in [-0.05, 0) is 37.0 Å². The Labute approximate surface area is 112 Å². The lowest BCUT2D eigenvalue weighted by molar-refractivity contribution is 0.382. The summed E-state index contributed by atoms with van der Waals surface area (Å²) in [5.74, 6) is 6.11. The number of hydrazine groups is 1. The number of fused-ring (bicyclic) bond motifs is 1. The van der Waals surface area contributed by atoms with Gasteiger partial charge in [-0.1, -0.05) is 6.07 Å². The first kappa shape index (κ1) is 12.3. The average Bonchev–Trinajstić information content (AvgIpc) is 2.86. The number of aromatic nitrogens is 3. The maximum absolute atomic E-state index is 5.80. The van der Waals surface area contributed by atoms with Gasteiger partial charge in [0, 0.05) is 31.1 Å². The van der Waals surface area contributed by atoms with E-state index in [1.165, 1.54) is 17.7 Å². The molecule has 2 atom stereocenters. The van der Waals surface area contributed by atoms with Crippen molar-refractivity contribution < 1.29 is 0 Å². The van der Waals surface area contributed by atoms with Crippen molar-refractivity contribution in [2.24, 2.45) is 12.9 Å².